The Labute approximate surface area is 205 Å². The largest absolute Gasteiger partial charge is 0.352 e. The number of urea groups is 1. The van der Waals surface area contributed by atoms with Crippen molar-refractivity contribution in [3.8, 4) is 0 Å². The van der Waals surface area contributed by atoms with Crippen molar-refractivity contribution in [1.82, 2.24) is 10.2 Å². The molecule has 0 saturated carbocycles. The molecule has 0 radical (unpaired) electrons. The lowest BCUT2D eigenvalue weighted by molar-refractivity contribution is -0.112. The van der Waals surface area contributed by atoms with Gasteiger partial charge in [0.25, 0.3) is 17.7 Å². The number of nitrogens with one attached hydrogen (secondary N) is 2. The van der Waals surface area contributed by atoms with Gasteiger partial charge in [-0.1, -0.05) is 60.2 Å². The van der Waals surface area contributed by atoms with E-state index in [0.29, 0.717) is 16.3 Å². The van der Waals surface area contributed by atoms with Crippen LogP contribution in [-0.2, 0) is 17.9 Å². The Morgan fingerprint density at radius 2 is 1.76 bits per heavy atom. The van der Waals surface area contributed by atoms with Crippen molar-refractivity contribution in [1.29, 1.82) is 0 Å². The van der Waals surface area contributed by atoms with Gasteiger partial charge in [-0.05, 0) is 29.3 Å². The Balaban J connectivity index is 1.53. The average molecular weight is 495 g/mol. The molecule has 172 valence electrons. The van der Waals surface area contributed by atoms with Crippen molar-refractivity contribution in [3.05, 3.63) is 87.5 Å². The number of halogens is 1. The molecule has 2 aromatic rings. The van der Waals surface area contributed by atoms with Gasteiger partial charge in [0.15, 0.2) is 0 Å². The fraction of sp³-hybridized carbons (Fsp3) is 0.125. The number of benzene rings is 2. The predicted octanol–water partition coefficient (Wildman–Crippen LogP) is 3.41. The number of nitrogens with zero attached hydrogens (tertiary/aromatic N) is 1. The van der Waals surface area contributed by atoms with E-state index in [4.69, 9.17) is 29.6 Å². The van der Waals surface area contributed by atoms with Crippen molar-refractivity contribution < 1.29 is 19.2 Å². The number of anilines is 1. The number of fused-ring (bicyclic) bond motifs is 1. The van der Waals surface area contributed by atoms with Gasteiger partial charge in [0.1, 0.15) is 0 Å². The zero-order valence-corrected chi connectivity index (χ0v) is 19.3. The minimum atomic E-state index is -0.626. The molecule has 0 spiro atoms. The van der Waals surface area contributed by atoms with Crippen molar-refractivity contribution in [3.63, 3.8) is 0 Å². The van der Waals surface area contributed by atoms with Crippen LogP contribution in [0.2, 0.25) is 0 Å². The molecule has 4 rings (SSSR count). The van der Waals surface area contributed by atoms with Gasteiger partial charge in [0.05, 0.1) is 28.9 Å². The lowest BCUT2D eigenvalue weighted by atomic mass is 10.0. The summed E-state index contributed by atoms with van der Waals surface area (Å²) >= 11 is 11.3. The van der Waals surface area contributed by atoms with Gasteiger partial charge in [-0.15, -0.1) is 0 Å². The second kappa shape index (κ2) is 9.58. The lowest BCUT2D eigenvalue weighted by Gasteiger charge is -2.15. The van der Waals surface area contributed by atoms with Crippen LogP contribution in [0.5, 0.6) is 0 Å². The highest BCUT2D eigenvalue weighted by molar-refractivity contribution is 7.81. The minimum Gasteiger partial charge on any atom is -0.352 e. The molecule has 0 unspecified atom stereocenters. The van der Waals surface area contributed by atoms with E-state index in [-0.39, 0.29) is 35.5 Å². The first-order chi connectivity index (χ1) is 16.2. The Bertz CT molecular complexity index is 1300. The molecule has 0 fully saturated rings. The van der Waals surface area contributed by atoms with E-state index in [2.05, 4.69) is 10.6 Å². The predicted molar refractivity (Wildman–Crippen MR) is 131 cm³/mol. The summed E-state index contributed by atoms with van der Waals surface area (Å²) in [7, 11) is 0. The van der Waals surface area contributed by atoms with Gasteiger partial charge < -0.3 is 16.4 Å². The first-order valence-corrected chi connectivity index (χ1v) is 11.1. The van der Waals surface area contributed by atoms with Crippen molar-refractivity contribution in [2.24, 2.45) is 5.73 Å². The first-order valence-electron chi connectivity index (χ1n) is 10.3. The Hall–Kier alpha value is -3.82. The molecular weight excluding hydrogens is 476 g/mol. The maximum Gasteiger partial charge on any atom is 0.312 e. The van der Waals surface area contributed by atoms with Crippen LogP contribution in [0.3, 0.4) is 0 Å². The standard InChI is InChI=1S/C24H19ClN4O4S/c25-15-8-9-19(34)17(10-15)21(30)28-18-3-1-2-16-20(18)23(32)29(22(16)31)12-14-6-4-13(5-7-14)11-27-24(26)33/h1-8,10H,9,11-12H2,(H,28,30)(H3,26,27,33). The quantitative estimate of drug-likeness (QED) is 0.419. The Morgan fingerprint density at radius 1 is 1.06 bits per heavy atom. The third kappa shape index (κ3) is 4.75. The van der Waals surface area contributed by atoms with E-state index >= 15 is 0 Å². The molecule has 10 heteroatoms. The number of carbonyl (C=O) groups is 4. The number of carbonyl (C=O) groups excluding carboxylic acids is 4. The highest BCUT2D eigenvalue weighted by atomic mass is 35.5. The van der Waals surface area contributed by atoms with Gasteiger partial charge in [0.2, 0.25) is 0 Å². The zero-order valence-electron chi connectivity index (χ0n) is 17.8. The molecule has 0 bridgehead atoms. The highest BCUT2D eigenvalue weighted by Gasteiger charge is 2.38. The maximum atomic E-state index is 13.2. The van der Waals surface area contributed by atoms with E-state index in [1.54, 1.807) is 48.5 Å². The third-order valence-corrected chi connectivity index (χ3v) is 6.04. The van der Waals surface area contributed by atoms with Crippen LogP contribution >= 0.6 is 23.8 Å². The topological polar surface area (TPSA) is 122 Å². The van der Waals surface area contributed by atoms with Gasteiger partial charge >= 0.3 is 6.03 Å². The first kappa shape index (κ1) is 23.3. The Morgan fingerprint density at radius 3 is 2.47 bits per heavy atom. The number of thiocarbonyl (C=S) groups is 1. The molecule has 0 atom stereocenters. The summed E-state index contributed by atoms with van der Waals surface area (Å²) in [6.45, 7) is 0.325. The number of amides is 5. The molecule has 1 heterocycles. The summed E-state index contributed by atoms with van der Waals surface area (Å²) in [5.74, 6) is -1.45. The van der Waals surface area contributed by atoms with Crippen molar-refractivity contribution in [2.45, 2.75) is 19.5 Å². The third-order valence-electron chi connectivity index (χ3n) is 5.39. The van der Waals surface area contributed by atoms with Crippen LogP contribution in [0.1, 0.15) is 38.3 Å². The summed E-state index contributed by atoms with van der Waals surface area (Å²) in [5.41, 5.74) is 7.44. The molecule has 4 N–H and O–H groups in total. The van der Waals surface area contributed by atoms with Gasteiger partial charge in [-0.25, -0.2) is 4.79 Å². The van der Waals surface area contributed by atoms with Gasteiger partial charge in [-0.2, -0.15) is 0 Å². The number of hydrogen-bond acceptors (Lipinski definition) is 5. The molecule has 8 nitrogen and oxygen atoms in total. The number of imide groups is 1. The smallest absolute Gasteiger partial charge is 0.312 e. The fourth-order valence-electron chi connectivity index (χ4n) is 3.67. The number of nitrogens with two attached hydrogens (primary N) is 1. The molecular formula is C24H19ClN4O4S. The minimum absolute atomic E-state index is 0.0545. The van der Waals surface area contributed by atoms with E-state index in [9.17, 15) is 19.2 Å². The summed E-state index contributed by atoms with van der Waals surface area (Å²) in [6.07, 6.45) is 3.57. The van der Waals surface area contributed by atoms with E-state index < -0.39 is 23.8 Å². The van der Waals surface area contributed by atoms with Crippen LogP contribution < -0.4 is 16.4 Å². The highest BCUT2D eigenvalue weighted by Crippen LogP contribution is 2.31. The van der Waals surface area contributed by atoms with E-state index in [1.165, 1.54) is 6.08 Å². The van der Waals surface area contributed by atoms with Crippen LogP contribution in [0, 0.1) is 0 Å². The Kier molecular flexibility index (Phi) is 6.58. The summed E-state index contributed by atoms with van der Waals surface area (Å²) in [6, 6.07) is 11.2. The SMILES string of the molecule is NC(=O)NCc1ccc(CN2C(=O)c3cccc(NC(=O)C4=CC(Cl)=CCC4=S)c3C2=O)cc1. The van der Waals surface area contributed by atoms with Crippen LogP contribution in [0.25, 0.3) is 0 Å². The summed E-state index contributed by atoms with van der Waals surface area (Å²) in [4.78, 5) is 51.4. The van der Waals surface area contributed by atoms with Crippen molar-refractivity contribution >= 4 is 58.1 Å². The van der Waals surface area contributed by atoms with Crippen molar-refractivity contribution in [2.75, 3.05) is 5.32 Å². The molecule has 5 amide bonds. The number of rotatable bonds is 6. The molecule has 0 saturated heterocycles. The number of primary amides is 1. The van der Waals surface area contributed by atoms with E-state index in [0.717, 1.165) is 16.0 Å². The molecule has 2 aliphatic rings. The summed E-state index contributed by atoms with van der Waals surface area (Å²) in [5, 5.41) is 5.61. The van der Waals surface area contributed by atoms with Gasteiger partial charge in [-0.3, -0.25) is 19.3 Å². The monoisotopic (exact) mass is 494 g/mol. The molecule has 34 heavy (non-hydrogen) atoms. The second-order valence-electron chi connectivity index (χ2n) is 7.69. The van der Waals surface area contributed by atoms with Crippen LogP contribution in [0.4, 0.5) is 10.5 Å². The van der Waals surface area contributed by atoms with E-state index in [1.807, 2.05) is 0 Å². The normalized spacial score (nSPS) is 15.0. The molecule has 0 aromatic heterocycles. The zero-order chi connectivity index (χ0) is 24.4. The van der Waals surface area contributed by atoms with Crippen LogP contribution in [-0.4, -0.2) is 33.5 Å². The molecule has 1 aliphatic heterocycles. The second-order valence-corrected chi connectivity index (χ2v) is 8.62. The molecule has 2 aromatic carbocycles. The maximum absolute atomic E-state index is 13.2. The average Bonchev–Trinajstić information content (AvgIpc) is 3.05. The summed E-state index contributed by atoms with van der Waals surface area (Å²) < 4.78 is 0. The fourth-order valence-corrected chi connectivity index (χ4v) is 4.10. The molecule has 1 aliphatic carbocycles. The van der Waals surface area contributed by atoms with Gasteiger partial charge in [0, 0.05) is 22.9 Å². The number of hydrogen-bond donors (Lipinski definition) is 3. The lowest BCUT2D eigenvalue weighted by Crippen LogP contribution is -2.29. The van der Waals surface area contributed by atoms with Crippen LogP contribution in [0.15, 0.2) is 65.2 Å². The number of allylic oxidation sites excluding steroid dienone is 3.